The Balaban J connectivity index is 1.43. The Hall–Kier alpha value is -4.27. The predicted octanol–water partition coefficient (Wildman–Crippen LogP) is 3.95. The lowest BCUT2D eigenvalue weighted by molar-refractivity contribution is 0.126. The Morgan fingerprint density at radius 1 is 1.03 bits per heavy atom. The molecule has 1 aromatic carbocycles. The maximum absolute atomic E-state index is 5.43. The number of nitrogens with zero attached hydrogens (tertiary/aromatic N) is 7. The first-order valence-electron chi connectivity index (χ1n) is 10.5. The van der Waals surface area contributed by atoms with Crippen LogP contribution in [0.3, 0.4) is 0 Å². The smallest absolute Gasteiger partial charge is 0.192 e. The van der Waals surface area contributed by atoms with Crippen LogP contribution in [0.4, 0.5) is 0 Å². The van der Waals surface area contributed by atoms with E-state index in [2.05, 4.69) is 38.6 Å². The summed E-state index contributed by atoms with van der Waals surface area (Å²) in [6.07, 6.45) is 5.11. The van der Waals surface area contributed by atoms with Gasteiger partial charge in [-0.15, -0.1) is 5.10 Å². The standard InChI is InChI=1S/C24H23N7O2/c1-15-9-10-25-21(11-15)31-17(3)16(2)22-23(31)26-14-30-24(22)28-20(29-30)13-33-27-12-18-5-7-19(32-4)8-6-18/h5-12,14H,13H2,1-4H3. The average Bonchev–Trinajstić information content (AvgIpc) is 3.35. The quantitative estimate of drug-likeness (QED) is 0.293. The Labute approximate surface area is 190 Å². The molecular weight excluding hydrogens is 418 g/mol. The molecule has 0 N–H and O–H groups in total. The van der Waals surface area contributed by atoms with E-state index in [9.17, 15) is 0 Å². The van der Waals surface area contributed by atoms with Gasteiger partial charge in [0.1, 0.15) is 17.9 Å². The second-order valence-electron chi connectivity index (χ2n) is 7.76. The van der Waals surface area contributed by atoms with Crippen LogP contribution in [-0.4, -0.2) is 42.5 Å². The normalized spacial score (nSPS) is 11.6. The third-order valence-corrected chi connectivity index (χ3v) is 5.59. The number of hydrogen-bond donors (Lipinski definition) is 0. The van der Waals surface area contributed by atoms with Gasteiger partial charge in [0.2, 0.25) is 0 Å². The maximum Gasteiger partial charge on any atom is 0.192 e. The minimum absolute atomic E-state index is 0.147. The van der Waals surface area contributed by atoms with Crippen molar-refractivity contribution in [3.05, 3.63) is 77.1 Å². The van der Waals surface area contributed by atoms with Crippen LogP contribution in [0.1, 0.15) is 28.2 Å². The molecule has 0 amide bonds. The van der Waals surface area contributed by atoms with E-state index in [4.69, 9.17) is 14.6 Å². The number of aromatic nitrogens is 6. The maximum atomic E-state index is 5.43. The Morgan fingerprint density at radius 3 is 2.61 bits per heavy atom. The molecule has 4 heterocycles. The highest BCUT2D eigenvalue weighted by Crippen LogP contribution is 2.29. The molecule has 0 fully saturated rings. The van der Waals surface area contributed by atoms with E-state index in [-0.39, 0.29) is 6.61 Å². The van der Waals surface area contributed by atoms with Crippen LogP contribution in [0.5, 0.6) is 5.75 Å². The van der Waals surface area contributed by atoms with Gasteiger partial charge in [0, 0.05) is 11.9 Å². The second kappa shape index (κ2) is 8.34. The average molecular weight is 441 g/mol. The topological polar surface area (TPSA) is 91.7 Å². The summed E-state index contributed by atoms with van der Waals surface area (Å²) >= 11 is 0. The summed E-state index contributed by atoms with van der Waals surface area (Å²) in [5, 5.41) is 9.47. The largest absolute Gasteiger partial charge is 0.497 e. The molecule has 0 aliphatic heterocycles. The number of pyridine rings is 1. The van der Waals surface area contributed by atoms with Crippen molar-refractivity contribution in [2.24, 2.45) is 5.16 Å². The van der Waals surface area contributed by atoms with E-state index < -0.39 is 0 Å². The van der Waals surface area contributed by atoms with E-state index in [1.54, 1.807) is 24.2 Å². The highest BCUT2D eigenvalue weighted by Gasteiger charge is 2.19. The zero-order valence-electron chi connectivity index (χ0n) is 18.9. The van der Waals surface area contributed by atoms with E-state index in [1.165, 1.54) is 0 Å². The van der Waals surface area contributed by atoms with Crippen molar-refractivity contribution in [1.29, 1.82) is 0 Å². The van der Waals surface area contributed by atoms with Crippen LogP contribution in [-0.2, 0) is 11.4 Å². The molecule has 0 atom stereocenters. The first-order valence-corrected chi connectivity index (χ1v) is 10.5. The molecule has 0 saturated heterocycles. The van der Waals surface area contributed by atoms with Crippen molar-refractivity contribution in [1.82, 2.24) is 29.1 Å². The van der Waals surface area contributed by atoms with Gasteiger partial charge in [0.15, 0.2) is 23.7 Å². The molecule has 0 radical (unpaired) electrons. The number of fused-ring (bicyclic) bond motifs is 3. The van der Waals surface area contributed by atoms with Crippen LogP contribution in [0.25, 0.3) is 22.5 Å². The van der Waals surface area contributed by atoms with Crippen LogP contribution < -0.4 is 4.74 Å². The zero-order chi connectivity index (χ0) is 22.9. The van der Waals surface area contributed by atoms with Gasteiger partial charge in [0.05, 0.1) is 18.7 Å². The van der Waals surface area contributed by atoms with Gasteiger partial charge in [-0.1, -0.05) is 5.16 Å². The zero-order valence-corrected chi connectivity index (χ0v) is 18.9. The fourth-order valence-corrected chi connectivity index (χ4v) is 3.77. The number of benzene rings is 1. The number of oxime groups is 1. The molecule has 0 spiro atoms. The first kappa shape index (κ1) is 20.6. The number of aryl methyl sites for hydroxylation is 2. The number of ether oxygens (including phenoxy) is 1. The van der Waals surface area contributed by atoms with E-state index in [0.29, 0.717) is 5.82 Å². The molecule has 0 aliphatic rings. The lowest BCUT2D eigenvalue weighted by atomic mass is 10.2. The van der Waals surface area contributed by atoms with E-state index in [1.807, 2.05) is 49.5 Å². The number of methoxy groups -OCH3 is 1. The summed E-state index contributed by atoms with van der Waals surface area (Å²) in [4.78, 5) is 19.3. The molecule has 0 unspecified atom stereocenters. The van der Waals surface area contributed by atoms with Crippen molar-refractivity contribution in [2.75, 3.05) is 7.11 Å². The summed E-state index contributed by atoms with van der Waals surface area (Å²) in [5.74, 6) is 2.15. The van der Waals surface area contributed by atoms with Gasteiger partial charge < -0.3 is 9.57 Å². The molecule has 5 rings (SSSR count). The van der Waals surface area contributed by atoms with Crippen molar-refractivity contribution < 1.29 is 9.57 Å². The molecule has 9 nitrogen and oxygen atoms in total. The summed E-state index contributed by atoms with van der Waals surface area (Å²) in [6.45, 7) is 6.32. The number of rotatable bonds is 6. The lowest BCUT2D eigenvalue weighted by Gasteiger charge is -2.07. The van der Waals surface area contributed by atoms with E-state index in [0.717, 1.165) is 50.6 Å². The van der Waals surface area contributed by atoms with Crippen molar-refractivity contribution in [3.8, 4) is 11.6 Å². The van der Waals surface area contributed by atoms with Crippen LogP contribution in [0.2, 0.25) is 0 Å². The fraction of sp³-hybridized carbons (Fsp3) is 0.208. The van der Waals surface area contributed by atoms with Gasteiger partial charge >= 0.3 is 0 Å². The van der Waals surface area contributed by atoms with Gasteiger partial charge in [-0.3, -0.25) is 4.57 Å². The molecule has 0 saturated carbocycles. The predicted molar refractivity (Wildman–Crippen MR) is 125 cm³/mol. The summed E-state index contributed by atoms with van der Waals surface area (Å²) in [5.41, 5.74) is 5.72. The van der Waals surface area contributed by atoms with Gasteiger partial charge in [-0.05, 0) is 73.9 Å². The van der Waals surface area contributed by atoms with Crippen LogP contribution in [0.15, 0.2) is 54.1 Å². The third-order valence-electron chi connectivity index (χ3n) is 5.59. The Morgan fingerprint density at radius 2 is 1.85 bits per heavy atom. The molecular formula is C24H23N7O2. The Bertz CT molecular complexity index is 1480. The number of hydrogen-bond acceptors (Lipinski definition) is 7. The second-order valence-corrected chi connectivity index (χ2v) is 7.76. The molecule has 0 bridgehead atoms. The monoisotopic (exact) mass is 441 g/mol. The molecule has 4 aromatic heterocycles. The van der Waals surface area contributed by atoms with Gasteiger partial charge in [0.25, 0.3) is 0 Å². The van der Waals surface area contributed by atoms with Crippen LogP contribution in [0, 0.1) is 20.8 Å². The highest BCUT2D eigenvalue weighted by atomic mass is 16.6. The molecule has 33 heavy (non-hydrogen) atoms. The minimum Gasteiger partial charge on any atom is -0.497 e. The van der Waals surface area contributed by atoms with Crippen LogP contribution >= 0.6 is 0 Å². The Kier molecular flexibility index (Phi) is 5.21. The summed E-state index contributed by atoms with van der Waals surface area (Å²) in [7, 11) is 1.63. The van der Waals surface area contributed by atoms with Gasteiger partial charge in [-0.25, -0.2) is 19.5 Å². The minimum atomic E-state index is 0.147. The molecule has 0 aliphatic carbocycles. The van der Waals surface area contributed by atoms with Crippen molar-refractivity contribution in [3.63, 3.8) is 0 Å². The third kappa shape index (κ3) is 3.78. The first-order chi connectivity index (χ1) is 16.0. The molecule has 5 aromatic rings. The molecule has 9 heteroatoms. The van der Waals surface area contributed by atoms with Gasteiger partial charge in [-0.2, -0.15) is 0 Å². The van der Waals surface area contributed by atoms with Crippen molar-refractivity contribution in [2.45, 2.75) is 27.4 Å². The SMILES string of the molecule is COc1ccc(C=NOCc2nc3c4c(C)c(C)n(-c5cc(C)ccn5)c4ncn3n2)cc1. The fourth-order valence-electron chi connectivity index (χ4n) is 3.77. The highest BCUT2D eigenvalue weighted by molar-refractivity contribution is 5.94. The lowest BCUT2D eigenvalue weighted by Crippen LogP contribution is -2.01. The summed E-state index contributed by atoms with van der Waals surface area (Å²) < 4.78 is 8.89. The van der Waals surface area contributed by atoms with E-state index >= 15 is 0 Å². The molecule has 166 valence electrons. The summed E-state index contributed by atoms with van der Waals surface area (Å²) in [6, 6.07) is 11.6. The van der Waals surface area contributed by atoms with Crippen molar-refractivity contribution >= 4 is 22.9 Å².